The van der Waals surface area contributed by atoms with Gasteiger partial charge in [-0.3, -0.25) is 4.79 Å². The molecule has 2 fully saturated rings. The number of rotatable bonds is 2. The lowest BCUT2D eigenvalue weighted by Gasteiger charge is -2.15. The number of carbonyl (C=O) groups excluding carboxylic acids is 1. The largest absolute Gasteiger partial charge is 0.381 e. The molecule has 0 aromatic heterocycles. The highest BCUT2D eigenvalue weighted by Crippen LogP contribution is 2.38. The Kier molecular flexibility index (Phi) is 5.83. The van der Waals surface area contributed by atoms with Crippen molar-refractivity contribution in [2.24, 2.45) is 11.3 Å². The van der Waals surface area contributed by atoms with Crippen molar-refractivity contribution in [3.05, 3.63) is 34.9 Å². The van der Waals surface area contributed by atoms with Gasteiger partial charge in [0.25, 0.3) is 0 Å². The number of carbonyl (C=O) groups is 1. The topological polar surface area (TPSA) is 26.3 Å². The van der Waals surface area contributed by atoms with Crippen molar-refractivity contribution in [1.29, 1.82) is 0 Å². The van der Waals surface area contributed by atoms with Crippen molar-refractivity contribution in [1.82, 2.24) is 0 Å². The number of benzene rings is 1. The Morgan fingerprint density at radius 2 is 1.81 bits per heavy atom. The van der Waals surface area contributed by atoms with Crippen molar-refractivity contribution in [2.75, 3.05) is 13.2 Å². The molecule has 0 bridgehead atoms. The predicted molar refractivity (Wildman–Crippen MR) is 86.7 cm³/mol. The van der Waals surface area contributed by atoms with Crippen LogP contribution in [0.3, 0.4) is 0 Å². The molecule has 1 heterocycles. The summed E-state index contributed by atoms with van der Waals surface area (Å²) >= 11 is 5.84. The van der Waals surface area contributed by atoms with Crippen LogP contribution in [-0.4, -0.2) is 19.0 Å². The Hall–Kier alpha value is -0.860. The number of hydrogen-bond donors (Lipinski definition) is 0. The Balaban J connectivity index is 0.000000272. The molecule has 0 amide bonds. The van der Waals surface area contributed by atoms with Crippen LogP contribution in [0, 0.1) is 11.3 Å². The quantitative estimate of drug-likeness (QED) is 0.792. The number of ketones is 1. The predicted octanol–water partition coefficient (Wildman–Crippen LogP) is 4.68. The van der Waals surface area contributed by atoms with Crippen LogP contribution in [0.15, 0.2) is 24.3 Å². The van der Waals surface area contributed by atoms with E-state index >= 15 is 0 Å². The van der Waals surface area contributed by atoms with Crippen LogP contribution in [-0.2, 0) is 16.0 Å². The second kappa shape index (κ2) is 7.42. The molecular formula is C18H25ClO2. The fourth-order valence-electron chi connectivity index (χ4n) is 2.95. The summed E-state index contributed by atoms with van der Waals surface area (Å²) in [7, 11) is 0. The number of Topliss-reactive ketones (excluding diaryl/α,β-unsaturated/α-hetero) is 1. The van der Waals surface area contributed by atoms with Gasteiger partial charge >= 0.3 is 0 Å². The zero-order valence-corrected chi connectivity index (χ0v) is 13.8. The SMILES string of the molecule is C1CCOC1.CC1(C)CCC(Cc2ccc(Cl)cc2)C1=O. The fraction of sp³-hybridized carbons (Fsp3) is 0.611. The standard InChI is InChI=1S/C14H17ClO.C4H8O/c1-14(2)8-7-11(13(14)16)9-10-3-5-12(15)6-4-10;1-2-4-5-3-1/h3-6,11H,7-9H2,1-2H3;1-4H2. The summed E-state index contributed by atoms with van der Waals surface area (Å²) in [4.78, 5) is 12.1. The number of hydrogen-bond acceptors (Lipinski definition) is 2. The lowest BCUT2D eigenvalue weighted by Crippen LogP contribution is -2.22. The molecule has 0 N–H and O–H groups in total. The summed E-state index contributed by atoms with van der Waals surface area (Å²) in [5.74, 6) is 0.624. The molecule has 1 atom stereocenters. The molecule has 1 aromatic carbocycles. The third kappa shape index (κ3) is 4.82. The van der Waals surface area contributed by atoms with E-state index in [9.17, 15) is 4.79 Å². The molecule has 1 aliphatic carbocycles. The van der Waals surface area contributed by atoms with E-state index in [1.807, 2.05) is 24.3 Å². The van der Waals surface area contributed by atoms with E-state index in [0.717, 1.165) is 37.5 Å². The van der Waals surface area contributed by atoms with Crippen LogP contribution in [0.4, 0.5) is 0 Å². The molecule has 2 nitrogen and oxygen atoms in total. The average Bonchev–Trinajstić information content (AvgIpc) is 3.10. The van der Waals surface area contributed by atoms with Crippen molar-refractivity contribution in [3.8, 4) is 0 Å². The van der Waals surface area contributed by atoms with Gasteiger partial charge in [-0.1, -0.05) is 37.6 Å². The van der Waals surface area contributed by atoms with Gasteiger partial charge in [-0.05, 0) is 49.8 Å². The van der Waals surface area contributed by atoms with Crippen LogP contribution in [0.2, 0.25) is 5.02 Å². The highest BCUT2D eigenvalue weighted by atomic mass is 35.5. The van der Waals surface area contributed by atoms with Gasteiger partial charge in [0.05, 0.1) is 0 Å². The van der Waals surface area contributed by atoms with Gasteiger partial charge in [0.1, 0.15) is 5.78 Å². The highest BCUT2D eigenvalue weighted by Gasteiger charge is 2.39. The van der Waals surface area contributed by atoms with E-state index in [4.69, 9.17) is 16.3 Å². The number of halogens is 1. The summed E-state index contributed by atoms with van der Waals surface area (Å²) in [6, 6.07) is 7.81. The summed E-state index contributed by atoms with van der Waals surface area (Å²) in [6.07, 6.45) is 5.46. The van der Waals surface area contributed by atoms with Crippen LogP contribution in [0.25, 0.3) is 0 Å². The van der Waals surface area contributed by atoms with Crippen molar-refractivity contribution in [2.45, 2.75) is 46.0 Å². The minimum Gasteiger partial charge on any atom is -0.381 e. The molecule has 1 unspecified atom stereocenters. The molecule has 3 heteroatoms. The van der Waals surface area contributed by atoms with Gasteiger partial charge in [0, 0.05) is 29.6 Å². The van der Waals surface area contributed by atoms with Crippen LogP contribution < -0.4 is 0 Å². The second-order valence-corrected chi connectivity index (χ2v) is 7.07. The Morgan fingerprint density at radius 1 is 1.19 bits per heavy atom. The second-order valence-electron chi connectivity index (χ2n) is 6.63. The maximum atomic E-state index is 12.1. The molecule has 1 aliphatic heterocycles. The van der Waals surface area contributed by atoms with Gasteiger partial charge in [-0.15, -0.1) is 0 Å². The van der Waals surface area contributed by atoms with Gasteiger partial charge < -0.3 is 4.74 Å². The first-order valence-electron chi connectivity index (χ1n) is 7.85. The molecule has 21 heavy (non-hydrogen) atoms. The first kappa shape index (κ1) is 16.5. The monoisotopic (exact) mass is 308 g/mol. The zero-order chi connectivity index (χ0) is 15.3. The van der Waals surface area contributed by atoms with Crippen LogP contribution in [0.5, 0.6) is 0 Å². The summed E-state index contributed by atoms with van der Waals surface area (Å²) < 4.78 is 4.94. The minimum atomic E-state index is -0.114. The fourth-order valence-corrected chi connectivity index (χ4v) is 3.08. The van der Waals surface area contributed by atoms with E-state index in [1.165, 1.54) is 18.4 Å². The summed E-state index contributed by atoms with van der Waals surface area (Å²) in [5, 5.41) is 0.752. The molecule has 1 aromatic rings. The normalized spacial score (nSPS) is 23.8. The van der Waals surface area contributed by atoms with E-state index in [-0.39, 0.29) is 11.3 Å². The molecule has 1 saturated heterocycles. The molecule has 2 aliphatic rings. The maximum absolute atomic E-state index is 12.1. The Labute approximate surface area is 132 Å². The van der Waals surface area contributed by atoms with Crippen molar-refractivity contribution >= 4 is 17.4 Å². The molecule has 116 valence electrons. The van der Waals surface area contributed by atoms with Crippen molar-refractivity contribution < 1.29 is 9.53 Å². The maximum Gasteiger partial charge on any atom is 0.141 e. The number of ether oxygens (including phenoxy) is 1. The van der Waals surface area contributed by atoms with E-state index < -0.39 is 0 Å². The van der Waals surface area contributed by atoms with E-state index in [0.29, 0.717) is 5.78 Å². The van der Waals surface area contributed by atoms with Gasteiger partial charge in [0.15, 0.2) is 0 Å². The molecular weight excluding hydrogens is 284 g/mol. The first-order chi connectivity index (χ1) is 9.99. The lowest BCUT2D eigenvalue weighted by molar-refractivity contribution is -0.127. The molecule has 0 radical (unpaired) electrons. The van der Waals surface area contributed by atoms with Crippen molar-refractivity contribution in [3.63, 3.8) is 0 Å². The summed E-state index contributed by atoms with van der Waals surface area (Å²) in [5.41, 5.74) is 1.09. The van der Waals surface area contributed by atoms with Crippen LogP contribution >= 0.6 is 11.6 Å². The van der Waals surface area contributed by atoms with Crippen LogP contribution in [0.1, 0.15) is 45.1 Å². The average molecular weight is 309 g/mol. The van der Waals surface area contributed by atoms with Gasteiger partial charge in [0.2, 0.25) is 0 Å². The third-order valence-electron chi connectivity index (χ3n) is 4.38. The Morgan fingerprint density at radius 3 is 2.24 bits per heavy atom. The third-order valence-corrected chi connectivity index (χ3v) is 4.63. The smallest absolute Gasteiger partial charge is 0.141 e. The van der Waals surface area contributed by atoms with Gasteiger partial charge in [-0.25, -0.2) is 0 Å². The minimum absolute atomic E-state index is 0.114. The Bertz CT molecular complexity index is 453. The van der Waals surface area contributed by atoms with E-state index in [1.54, 1.807) is 0 Å². The van der Waals surface area contributed by atoms with Gasteiger partial charge in [-0.2, -0.15) is 0 Å². The first-order valence-corrected chi connectivity index (χ1v) is 8.23. The van der Waals surface area contributed by atoms with E-state index in [2.05, 4.69) is 13.8 Å². The lowest BCUT2D eigenvalue weighted by atomic mass is 9.87. The molecule has 1 saturated carbocycles. The zero-order valence-electron chi connectivity index (χ0n) is 13.0. The summed E-state index contributed by atoms with van der Waals surface area (Å²) in [6.45, 7) is 6.11. The molecule has 3 rings (SSSR count). The highest BCUT2D eigenvalue weighted by molar-refractivity contribution is 6.30. The molecule has 0 spiro atoms.